The molecule has 106 valence electrons. The lowest BCUT2D eigenvalue weighted by atomic mass is 9.67. The Balaban J connectivity index is 1.74. The van der Waals surface area contributed by atoms with E-state index < -0.39 is 0 Å². The standard InChI is InChI=1S/C17H32O/c1-3-5-14-6-8-15(9-7-14)16-10-12-17(18,4-2)13-11-16/h14-16,18H,3-13H2,1-2H3. The van der Waals surface area contributed by atoms with Crippen LogP contribution in [0.1, 0.15) is 84.5 Å². The van der Waals surface area contributed by atoms with Gasteiger partial charge in [0.2, 0.25) is 0 Å². The second-order valence-electron chi connectivity index (χ2n) is 6.98. The lowest BCUT2D eigenvalue weighted by Crippen LogP contribution is -2.36. The van der Waals surface area contributed by atoms with Crippen LogP contribution in [0.4, 0.5) is 0 Å². The van der Waals surface area contributed by atoms with Gasteiger partial charge in [-0.05, 0) is 62.7 Å². The highest BCUT2D eigenvalue weighted by atomic mass is 16.3. The average Bonchev–Trinajstić information content (AvgIpc) is 2.41. The van der Waals surface area contributed by atoms with Crippen molar-refractivity contribution < 1.29 is 5.11 Å². The summed E-state index contributed by atoms with van der Waals surface area (Å²) in [6, 6.07) is 0. The summed E-state index contributed by atoms with van der Waals surface area (Å²) in [5, 5.41) is 10.3. The molecule has 2 aliphatic carbocycles. The van der Waals surface area contributed by atoms with Gasteiger partial charge in [0.1, 0.15) is 0 Å². The largest absolute Gasteiger partial charge is 0.390 e. The maximum Gasteiger partial charge on any atom is 0.0645 e. The molecule has 1 heteroatoms. The van der Waals surface area contributed by atoms with Crippen molar-refractivity contribution in [1.82, 2.24) is 0 Å². The van der Waals surface area contributed by atoms with Gasteiger partial charge in [-0.25, -0.2) is 0 Å². The summed E-state index contributed by atoms with van der Waals surface area (Å²) in [6.45, 7) is 4.45. The van der Waals surface area contributed by atoms with Crippen LogP contribution >= 0.6 is 0 Å². The van der Waals surface area contributed by atoms with Gasteiger partial charge in [-0.3, -0.25) is 0 Å². The molecule has 2 saturated carbocycles. The second kappa shape index (κ2) is 6.41. The van der Waals surface area contributed by atoms with Crippen molar-refractivity contribution in [3.8, 4) is 0 Å². The summed E-state index contributed by atoms with van der Waals surface area (Å²) in [4.78, 5) is 0. The molecule has 0 amide bonds. The fraction of sp³-hybridized carbons (Fsp3) is 1.00. The smallest absolute Gasteiger partial charge is 0.0645 e. The SMILES string of the molecule is CCCC1CCC(C2CCC(O)(CC)CC2)CC1. The number of hydrogen-bond donors (Lipinski definition) is 1. The third kappa shape index (κ3) is 3.50. The Hall–Kier alpha value is -0.0400. The van der Waals surface area contributed by atoms with Crippen LogP contribution in [0.15, 0.2) is 0 Å². The van der Waals surface area contributed by atoms with Crippen LogP contribution in [0.25, 0.3) is 0 Å². The van der Waals surface area contributed by atoms with E-state index in [9.17, 15) is 5.11 Å². The minimum Gasteiger partial charge on any atom is -0.390 e. The quantitative estimate of drug-likeness (QED) is 0.752. The molecule has 0 bridgehead atoms. The third-order valence-electron chi connectivity index (χ3n) is 5.87. The summed E-state index contributed by atoms with van der Waals surface area (Å²) in [5.74, 6) is 2.95. The molecule has 0 aromatic heterocycles. The number of rotatable bonds is 4. The number of hydrogen-bond acceptors (Lipinski definition) is 1. The summed E-state index contributed by atoms with van der Waals surface area (Å²) in [5.41, 5.74) is -0.310. The Bertz CT molecular complexity index is 232. The van der Waals surface area contributed by atoms with Gasteiger partial charge in [0.05, 0.1) is 5.60 Å². The first-order valence-electron chi connectivity index (χ1n) is 8.39. The molecule has 0 heterocycles. The molecular formula is C17H32O. The lowest BCUT2D eigenvalue weighted by molar-refractivity contribution is -0.0240. The van der Waals surface area contributed by atoms with Gasteiger partial charge < -0.3 is 5.11 Å². The highest BCUT2D eigenvalue weighted by Gasteiger charge is 2.35. The highest BCUT2D eigenvalue weighted by molar-refractivity contribution is 4.88. The second-order valence-corrected chi connectivity index (χ2v) is 6.98. The molecule has 2 fully saturated rings. The van der Waals surface area contributed by atoms with E-state index >= 15 is 0 Å². The third-order valence-corrected chi connectivity index (χ3v) is 5.87. The molecule has 0 radical (unpaired) electrons. The van der Waals surface area contributed by atoms with E-state index in [1.807, 2.05) is 0 Å². The molecule has 18 heavy (non-hydrogen) atoms. The van der Waals surface area contributed by atoms with Crippen molar-refractivity contribution in [2.24, 2.45) is 17.8 Å². The van der Waals surface area contributed by atoms with Gasteiger partial charge in [-0.1, -0.05) is 39.5 Å². The Labute approximate surface area is 113 Å². The lowest BCUT2D eigenvalue weighted by Gasteiger charge is -2.41. The predicted molar refractivity (Wildman–Crippen MR) is 77.6 cm³/mol. The highest BCUT2D eigenvalue weighted by Crippen LogP contribution is 2.43. The Morgan fingerprint density at radius 1 is 0.889 bits per heavy atom. The monoisotopic (exact) mass is 252 g/mol. The van der Waals surface area contributed by atoms with Gasteiger partial charge in [0.15, 0.2) is 0 Å². The Morgan fingerprint density at radius 2 is 1.44 bits per heavy atom. The summed E-state index contributed by atoms with van der Waals surface area (Å²) >= 11 is 0. The zero-order valence-corrected chi connectivity index (χ0v) is 12.5. The van der Waals surface area contributed by atoms with Crippen molar-refractivity contribution in [3.05, 3.63) is 0 Å². The molecule has 2 rings (SSSR count). The van der Waals surface area contributed by atoms with E-state index in [4.69, 9.17) is 0 Å². The van der Waals surface area contributed by atoms with Crippen LogP contribution in [0, 0.1) is 17.8 Å². The maximum atomic E-state index is 10.3. The van der Waals surface area contributed by atoms with Crippen molar-refractivity contribution in [3.63, 3.8) is 0 Å². The molecule has 1 nitrogen and oxygen atoms in total. The van der Waals surface area contributed by atoms with Crippen LogP contribution in [0.3, 0.4) is 0 Å². The zero-order valence-electron chi connectivity index (χ0n) is 12.5. The van der Waals surface area contributed by atoms with Gasteiger partial charge in [0.25, 0.3) is 0 Å². The van der Waals surface area contributed by atoms with Crippen LogP contribution in [-0.4, -0.2) is 10.7 Å². The number of aliphatic hydroxyl groups is 1. The van der Waals surface area contributed by atoms with E-state index in [1.54, 1.807) is 0 Å². The van der Waals surface area contributed by atoms with Gasteiger partial charge >= 0.3 is 0 Å². The van der Waals surface area contributed by atoms with Crippen molar-refractivity contribution in [1.29, 1.82) is 0 Å². The minimum atomic E-state index is -0.310. The van der Waals surface area contributed by atoms with Gasteiger partial charge in [-0.2, -0.15) is 0 Å². The molecule has 0 saturated heterocycles. The van der Waals surface area contributed by atoms with Crippen LogP contribution < -0.4 is 0 Å². The zero-order chi connectivity index (χ0) is 13.0. The van der Waals surface area contributed by atoms with Crippen molar-refractivity contribution >= 4 is 0 Å². The molecule has 0 spiro atoms. The topological polar surface area (TPSA) is 20.2 Å². The van der Waals surface area contributed by atoms with Crippen molar-refractivity contribution in [2.75, 3.05) is 0 Å². The molecule has 0 atom stereocenters. The van der Waals surface area contributed by atoms with E-state index in [2.05, 4.69) is 13.8 Å². The van der Waals surface area contributed by atoms with Gasteiger partial charge in [0, 0.05) is 0 Å². The van der Waals surface area contributed by atoms with E-state index in [1.165, 1.54) is 51.4 Å². The van der Waals surface area contributed by atoms with Crippen LogP contribution in [-0.2, 0) is 0 Å². The summed E-state index contributed by atoms with van der Waals surface area (Å²) < 4.78 is 0. The Kier molecular flexibility index (Phi) is 5.12. The first-order chi connectivity index (χ1) is 8.67. The minimum absolute atomic E-state index is 0.310. The normalized spacial score (nSPS) is 41.8. The predicted octanol–water partition coefficient (Wildman–Crippen LogP) is 4.92. The van der Waals surface area contributed by atoms with E-state index in [0.717, 1.165) is 37.0 Å². The maximum absolute atomic E-state index is 10.3. The summed E-state index contributed by atoms with van der Waals surface area (Å²) in [6.07, 6.45) is 14.4. The fourth-order valence-corrected chi connectivity index (χ4v) is 4.36. The summed E-state index contributed by atoms with van der Waals surface area (Å²) in [7, 11) is 0. The first-order valence-corrected chi connectivity index (χ1v) is 8.39. The molecule has 1 N–H and O–H groups in total. The molecule has 0 aliphatic heterocycles. The van der Waals surface area contributed by atoms with E-state index in [-0.39, 0.29) is 5.60 Å². The molecule has 2 aliphatic rings. The molecule has 0 aromatic carbocycles. The fourth-order valence-electron chi connectivity index (χ4n) is 4.36. The Morgan fingerprint density at radius 3 is 1.94 bits per heavy atom. The van der Waals surface area contributed by atoms with Crippen LogP contribution in [0.2, 0.25) is 0 Å². The molecule has 0 unspecified atom stereocenters. The molecule has 0 aromatic rings. The van der Waals surface area contributed by atoms with Crippen LogP contribution in [0.5, 0.6) is 0 Å². The first kappa shape index (κ1) is 14.4. The van der Waals surface area contributed by atoms with Crippen molar-refractivity contribution in [2.45, 2.75) is 90.1 Å². The average molecular weight is 252 g/mol. The molecular weight excluding hydrogens is 220 g/mol. The van der Waals surface area contributed by atoms with E-state index in [0.29, 0.717) is 0 Å². The van der Waals surface area contributed by atoms with Gasteiger partial charge in [-0.15, -0.1) is 0 Å².